The van der Waals surface area contributed by atoms with E-state index in [9.17, 15) is 4.79 Å². The van der Waals surface area contributed by atoms with Gasteiger partial charge in [-0.25, -0.2) is 0 Å². The predicted molar refractivity (Wildman–Crippen MR) is 108 cm³/mol. The summed E-state index contributed by atoms with van der Waals surface area (Å²) < 4.78 is 0. The summed E-state index contributed by atoms with van der Waals surface area (Å²) >= 11 is 0. The fourth-order valence-electron chi connectivity index (χ4n) is 4.07. The molecule has 2 saturated heterocycles. The quantitative estimate of drug-likeness (QED) is 0.784. The smallest absolute Gasteiger partial charge is 0.236 e. The number of carbonyl (C=O) groups is 1. The monoisotopic (exact) mass is 355 g/mol. The van der Waals surface area contributed by atoms with Crippen molar-refractivity contribution in [2.75, 3.05) is 45.8 Å². The van der Waals surface area contributed by atoms with Crippen LogP contribution in [-0.2, 0) is 4.79 Å². The molecule has 0 radical (unpaired) electrons. The van der Waals surface area contributed by atoms with Gasteiger partial charge in [0, 0.05) is 45.3 Å². The van der Waals surface area contributed by atoms with E-state index in [2.05, 4.69) is 58.0 Å². The molecule has 0 bridgehead atoms. The second kappa shape index (κ2) is 9.89. The minimum Gasteiger partial charge on any atom is -0.339 e. The van der Waals surface area contributed by atoms with E-state index >= 15 is 0 Å². The number of benzene rings is 1. The number of amides is 1. The van der Waals surface area contributed by atoms with Gasteiger partial charge in [0.15, 0.2) is 0 Å². The Morgan fingerprint density at radius 1 is 1.04 bits per heavy atom. The highest BCUT2D eigenvalue weighted by molar-refractivity contribution is 5.78. The van der Waals surface area contributed by atoms with Gasteiger partial charge in [-0.3, -0.25) is 14.6 Å². The fourth-order valence-corrected chi connectivity index (χ4v) is 4.07. The third kappa shape index (κ3) is 5.42. The molecule has 0 aliphatic carbocycles. The molecule has 0 spiro atoms. The van der Waals surface area contributed by atoms with E-state index in [1.54, 1.807) is 0 Å². The molecule has 0 saturated carbocycles. The van der Waals surface area contributed by atoms with Crippen molar-refractivity contribution < 1.29 is 4.79 Å². The number of hydrogen-bond donors (Lipinski definition) is 0. The lowest BCUT2D eigenvalue weighted by Crippen LogP contribution is -2.52. The fraction of sp³-hybridized carbons (Fsp3) is 0.591. The Labute approximate surface area is 158 Å². The normalized spacial score (nSPS) is 22.8. The van der Waals surface area contributed by atoms with Gasteiger partial charge in [-0.2, -0.15) is 0 Å². The summed E-state index contributed by atoms with van der Waals surface area (Å²) in [5.74, 6) is 0.342. The lowest BCUT2D eigenvalue weighted by atomic mass is 10.00. The number of likely N-dealkylation sites (tertiary alicyclic amines) is 1. The van der Waals surface area contributed by atoms with Gasteiger partial charge in [-0.15, -0.1) is 0 Å². The first-order chi connectivity index (χ1) is 12.8. The van der Waals surface area contributed by atoms with Crippen LogP contribution in [0, 0.1) is 0 Å². The molecule has 1 aromatic carbocycles. The summed E-state index contributed by atoms with van der Waals surface area (Å²) in [5, 5.41) is 0. The van der Waals surface area contributed by atoms with Crippen molar-refractivity contribution in [3.05, 3.63) is 42.0 Å². The zero-order chi connectivity index (χ0) is 18.2. The molecule has 1 amide bonds. The number of piperidine rings is 1. The van der Waals surface area contributed by atoms with E-state index < -0.39 is 0 Å². The third-order valence-corrected chi connectivity index (χ3v) is 5.72. The van der Waals surface area contributed by atoms with Crippen LogP contribution in [0.2, 0.25) is 0 Å². The highest BCUT2D eigenvalue weighted by atomic mass is 16.2. The summed E-state index contributed by atoms with van der Waals surface area (Å²) in [6.45, 7) is 8.84. The van der Waals surface area contributed by atoms with Crippen molar-refractivity contribution in [3.8, 4) is 0 Å². The highest BCUT2D eigenvalue weighted by Crippen LogP contribution is 2.19. The van der Waals surface area contributed by atoms with Gasteiger partial charge in [0.1, 0.15) is 0 Å². The van der Waals surface area contributed by atoms with Crippen LogP contribution in [0.1, 0.15) is 38.2 Å². The van der Waals surface area contributed by atoms with Crippen molar-refractivity contribution in [3.63, 3.8) is 0 Å². The highest BCUT2D eigenvalue weighted by Gasteiger charge is 2.27. The summed E-state index contributed by atoms with van der Waals surface area (Å²) in [6.07, 6.45) is 9.16. The van der Waals surface area contributed by atoms with E-state index in [0.717, 1.165) is 45.7 Å². The molecule has 1 atom stereocenters. The van der Waals surface area contributed by atoms with Crippen LogP contribution in [-0.4, -0.2) is 72.5 Å². The molecule has 2 fully saturated rings. The molecule has 0 N–H and O–H groups in total. The van der Waals surface area contributed by atoms with Crippen LogP contribution >= 0.6 is 0 Å². The molecule has 4 nitrogen and oxygen atoms in total. The zero-order valence-corrected chi connectivity index (χ0v) is 16.1. The topological polar surface area (TPSA) is 26.8 Å². The van der Waals surface area contributed by atoms with Gasteiger partial charge in [-0.1, -0.05) is 49.4 Å². The number of carbonyl (C=O) groups excluding carboxylic acids is 1. The third-order valence-electron chi connectivity index (χ3n) is 5.72. The van der Waals surface area contributed by atoms with Crippen molar-refractivity contribution in [2.45, 2.75) is 38.6 Å². The minimum atomic E-state index is 0.342. The van der Waals surface area contributed by atoms with Crippen molar-refractivity contribution in [1.29, 1.82) is 0 Å². The maximum absolute atomic E-state index is 12.7. The summed E-state index contributed by atoms with van der Waals surface area (Å²) in [4.78, 5) is 19.7. The van der Waals surface area contributed by atoms with Crippen molar-refractivity contribution >= 4 is 12.0 Å². The molecule has 2 aliphatic heterocycles. The molecule has 0 aromatic heterocycles. The molecule has 4 heteroatoms. The van der Waals surface area contributed by atoms with Crippen molar-refractivity contribution in [1.82, 2.24) is 14.7 Å². The Hall–Kier alpha value is -1.65. The first-order valence-electron chi connectivity index (χ1n) is 10.2. The van der Waals surface area contributed by atoms with E-state index in [-0.39, 0.29) is 0 Å². The lowest BCUT2D eigenvalue weighted by molar-refractivity contribution is -0.136. The van der Waals surface area contributed by atoms with Gasteiger partial charge in [-0.05, 0) is 31.2 Å². The predicted octanol–water partition coefficient (Wildman–Crippen LogP) is 3.11. The maximum atomic E-state index is 12.7. The average molecular weight is 356 g/mol. The van der Waals surface area contributed by atoms with Crippen LogP contribution in [0.25, 0.3) is 6.08 Å². The maximum Gasteiger partial charge on any atom is 0.236 e. The van der Waals surface area contributed by atoms with Crippen LogP contribution < -0.4 is 0 Å². The molecule has 142 valence electrons. The van der Waals surface area contributed by atoms with Gasteiger partial charge in [0.05, 0.1) is 6.54 Å². The van der Waals surface area contributed by atoms with E-state index in [1.807, 2.05) is 6.07 Å². The van der Waals surface area contributed by atoms with Crippen LogP contribution in [0.15, 0.2) is 36.4 Å². The van der Waals surface area contributed by atoms with Crippen LogP contribution in [0.5, 0.6) is 0 Å². The molecule has 2 aliphatic rings. The number of piperazine rings is 1. The lowest BCUT2D eigenvalue weighted by Gasteiger charge is -2.38. The number of hydrogen-bond acceptors (Lipinski definition) is 3. The minimum absolute atomic E-state index is 0.342. The molecule has 26 heavy (non-hydrogen) atoms. The second-order valence-corrected chi connectivity index (χ2v) is 7.53. The first-order valence-corrected chi connectivity index (χ1v) is 10.2. The SMILES string of the molecule is CCC1CCCCN1C(=O)CN1CCN(C/C=C/c2ccccc2)CC1. The van der Waals surface area contributed by atoms with Crippen LogP contribution in [0.3, 0.4) is 0 Å². The molecule has 2 heterocycles. The Morgan fingerprint density at radius 3 is 2.50 bits per heavy atom. The standard InChI is InChI=1S/C22H33N3O/c1-2-21-12-6-7-14-25(21)22(26)19-24-17-15-23(16-18-24)13-8-11-20-9-4-3-5-10-20/h3-5,8-11,21H,2,6-7,12-19H2,1H3/b11-8+. The van der Waals surface area contributed by atoms with Gasteiger partial charge in [0.25, 0.3) is 0 Å². The average Bonchev–Trinajstić information content (AvgIpc) is 2.70. The number of nitrogens with zero attached hydrogens (tertiary/aromatic N) is 3. The Balaban J connectivity index is 1.39. The van der Waals surface area contributed by atoms with Crippen LogP contribution in [0.4, 0.5) is 0 Å². The largest absolute Gasteiger partial charge is 0.339 e. The Kier molecular flexibility index (Phi) is 7.27. The van der Waals surface area contributed by atoms with Gasteiger partial charge in [0.2, 0.25) is 5.91 Å². The zero-order valence-electron chi connectivity index (χ0n) is 16.1. The van der Waals surface area contributed by atoms with Crippen molar-refractivity contribution in [2.24, 2.45) is 0 Å². The van der Waals surface area contributed by atoms with E-state index in [4.69, 9.17) is 0 Å². The molecular formula is C22H33N3O. The molecular weight excluding hydrogens is 322 g/mol. The van der Waals surface area contributed by atoms with Gasteiger partial charge < -0.3 is 4.90 Å². The molecule has 1 unspecified atom stereocenters. The summed E-state index contributed by atoms with van der Waals surface area (Å²) in [5.41, 5.74) is 1.25. The summed E-state index contributed by atoms with van der Waals surface area (Å²) in [7, 11) is 0. The molecule has 3 rings (SSSR count). The second-order valence-electron chi connectivity index (χ2n) is 7.53. The summed E-state index contributed by atoms with van der Waals surface area (Å²) in [6, 6.07) is 10.9. The first kappa shape index (κ1) is 19.1. The Bertz CT molecular complexity index is 578. The van der Waals surface area contributed by atoms with E-state index in [0.29, 0.717) is 18.5 Å². The Morgan fingerprint density at radius 2 is 1.77 bits per heavy atom. The van der Waals surface area contributed by atoms with Gasteiger partial charge >= 0.3 is 0 Å². The number of rotatable bonds is 6. The molecule has 1 aromatic rings. The van der Waals surface area contributed by atoms with E-state index in [1.165, 1.54) is 24.8 Å².